The van der Waals surface area contributed by atoms with E-state index in [-0.39, 0.29) is 5.91 Å². The lowest BCUT2D eigenvalue weighted by atomic mass is 9.94. The summed E-state index contributed by atoms with van der Waals surface area (Å²) in [4.78, 5) is 30.5. The highest BCUT2D eigenvalue weighted by Crippen LogP contribution is 2.29. The minimum absolute atomic E-state index is 0.0564. The molecule has 0 saturated carbocycles. The van der Waals surface area contributed by atoms with E-state index >= 15 is 0 Å². The molecule has 3 rings (SSSR count). The van der Waals surface area contributed by atoms with Crippen LogP contribution in [-0.2, 0) is 14.4 Å². The minimum Gasteiger partial charge on any atom is -0.379 e. The highest BCUT2D eigenvalue weighted by atomic mass is 16.7. The van der Waals surface area contributed by atoms with Gasteiger partial charge in [-0.15, -0.1) is 0 Å². The van der Waals surface area contributed by atoms with E-state index in [1.165, 1.54) is 0 Å². The van der Waals surface area contributed by atoms with E-state index in [9.17, 15) is 9.59 Å². The van der Waals surface area contributed by atoms with Gasteiger partial charge in [-0.25, -0.2) is 0 Å². The second-order valence-electron chi connectivity index (χ2n) is 5.68. The van der Waals surface area contributed by atoms with Crippen molar-refractivity contribution in [2.24, 2.45) is 5.16 Å². The third-order valence-corrected chi connectivity index (χ3v) is 3.99. The Morgan fingerprint density at radius 2 is 1.95 bits per heavy atom. The molecule has 6 heteroatoms. The molecule has 1 aromatic carbocycles. The molecule has 1 amide bonds. The van der Waals surface area contributed by atoms with Crippen molar-refractivity contribution < 1.29 is 19.2 Å². The SMILES string of the molecule is CC1(C(=O)N2CCOCC2)CC(c2ccc(C=O)cc2)=NO1. The number of carbonyl (C=O) groups is 2. The van der Waals surface area contributed by atoms with Crippen LogP contribution in [0.25, 0.3) is 0 Å². The van der Waals surface area contributed by atoms with Gasteiger partial charge in [0.05, 0.1) is 18.9 Å². The smallest absolute Gasteiger partial charge is 0.269 e. The Morgan fingerprint density at radius 1 is 1.27 bits per heavy atom. The Morgan fingerprint density at radius 3 is 2.59 bits per heavy atom. The van der Waals surface area contributed by atoms with Gasteiger partial charge in [0.2, 0.25) is 5.60 Å². The maximum absolute atomic E-state index is 12.6. The van der Waals surface area contributed by atoms with Crippen LogP contribution in [0, 0.1) is 0 Å². The van der Waals surface area contributed by atoms with Gasteiger partial charge in [0.25, 0.3) is 5.91 Å². The van der Waals surface area contributed by atoms with E-state index in [0.717, 1.165) is 17.6 Å². The molecule has 1 unspecified atom stereocenters. The van der Waals surface area contributed by atoms with Crippen LogP contribution >= 0.6 is 0 Å². The highest BCUT2D eigenvalue weighted by molar-refractivity contribution is 6.05. The predicted octanol–water partition coefficient (Wildman–Crippen LogP) is 1.24. The van der Waals surface area contributed by atoms with Crippen LogP contribution in [-0.4, -0.2) is 54.7 Å². The molecule has 2 heterocycles. The maximum Gasteiger partial charge on any atom is 0.269 e. The molecule has 2 aliphatic rings. The van der Waals surface area contributed by atoms with Gasteiger partial charge < -0.3 is 14.5 Å². The molecule has 116 valence electrons. The first-order chi connectivity index (χ1) is 10.6. The molecular weight excluding hydrogens is 284 g/mol. The lowest BCUT2D eigenvalue weighted by Gasteiger charge is -2.32. The molecule has 1 atom stereocenters. The van der Waals surface area contributed by atoms with Gasteiger partial charge >= 0.3 is 0 Å². The zero-order chi connectivity index (χ0) is 15.6. The van der Waals surface area contributed by atoms with E-state index in [4.69, 9.17) is 9.57 Å². The standard InChI is InChI=1S/C16H18N2O4/c1-16(15(20)18-6-8-21-9-7-18)10-14(17-22-16)13-4-2-12(11-19)3-5-13/h2-5,11H,6-10H2,1H3. The molecule has 1 aromatic rings. The molecule has 0 bridgehead atoms. The summed E-state index contributed by atoms with van der Waals surface area (Å²) >= 11 is 0. The van der Waals surface area contributed by atoms with Crippen molar-refractivity contribution >= 4 is 17.9 Å². The molecule has 0 aliphatic carbocycles. The Balaban J connectivity index is 1.71. The highest BCUT2D eigenvalue weighted by Gasteiger charge is 2.44. The van der Waals surface area contributed by atoms with E-state index in [2.05, 4.69) is 5.16 Å². The van der Waals surface area contributed by atoms with Crippen LogP contribution in [0.5, 0.6) is 0 Å². The molecule has 2 aliphatic heterocycles. The number of aldehydes is 1. The monoisotopic (exact) mass is 302 g/mol. The number of hydrogen-bond donors (Lipinski definition) is 0. The van der Waals surface area contributed by atoms with Gasteiger partial charge in [0.15, 0.2) is 0 Å². The molecule has 0 radical (unpaired) electrons. The normalized spacial score (nSPS) is 24.6. The average Bonchev–Trinajstić information content (AvgIpc) is 2.98. The number of morpholine rings is 1. The summed E-state index contributed by atoms with van der Waals surface area (Å²) in [5.74, 6) is -0.0564. The van der Waals surface area contributed by atoms with Gasteiger partial charge in [0, 0.05) is 25.1 Å². The summed E-state index contributed by atoms with van der Waals surface area (Å²) in [6.45, 7) is 4.05. The van der Waals surface area contributed by atoms with Crippen LogP contribution in [0.2, 0.25) is 0 Å². The quantitative estimate of drug-likeness (QED) is 0.788. The van der Waals surface area contributed by atoms with Crippen molar-refractivity contribution in [3.8, 4) is 0 Å². The zero-order valence-corrected chi connectivity index (χ0v) is 12.4. The number of rotatable bonds is 3. The summed E-state index contributed by atoms with van der Waals surface area (Å²) in [7, 11) is 0. The minimum atomic E-state index is -0.962. The summed E-state index contributed by atoms with van der Waals surface area (Å²) in [6.07, 6.45) is 1.21. The molecule has 1 fully saturated rings. The Hall–Kier alpha value is -2.21. The van der Waals surface area contributed by atoms with Crippen LogP contribution in [0.3, 0.4) is 0 Å². The molecular formula is C16H18N2O4. The summed E-state index contributed by atoms with van der Waals surface area (Å²) in [6, 6.07) is 7.09. The van der Waals surface area contributed by atoms with Crippen molar-refractivity contribution in [3.63, 3.8) is 0 Å². The molecule has 0 aromatic heterocycles. The summed E-state index contributed by atoms with van der Waals surface area (Å²) in [5.41, 5.74) is 1.23. The van der Waals surface area contributed by atoms with Crippen molar-refractivity contribution in [3.05, 3.63) is 35.4 Å². The molecule has 6 nitrogen and oxygen atoms in total. The fraction of sp³-hybridized carbons (Fsp3) is 0.438. The Kier molecular flexibility index (Phi) is 3.94. The Bertz CT molecular complexity index is 605. The number of ether oxygens (including phenoxy) is 1. The van der Waals surface area contributed by atoms with Crippen molar-refractivity contribution in [2.75, 3.05) is 26.3 Å². The van der Waals surface area contributed by atoms with Gasteiger partial charge in [-0.2, -0.15) is 0 Å². The first-order valence-corrected chi connectivity index (χ1v) is 7.30. The fourth-order valence-corrected chi connectivity index (χ4v) is 2.66. The Labute approximate surface area is 128 Å². The fourth-order valence-electron chi connectivity index (χ4n) is 2.66. The molecule has 22 heavy (non-hydrogen) atoms. The number of carbonyl (C=O) groups excluding carboxylic acids is 2. The van der Waals surface area contributed by atoms with Crippen molar-refractivity contribution in [1.29, 1.82) is 0 Å². The number of benzene rings is 1. The van der Waals surface area contributed by atoms with E-state index in [1.807, 2.05) is 12.1 Å². The van der Waals surface area contributed by atoms with Crippen molar-refractivity contribution in [2.45, 2.75) is 18.9 Å². The van der Waals surface area contributed by atoms with Gasteiger partial charge in [-0.05, 0) is 12.5 Å². The number of amides is 1. The molecule has 0 spiro atoms. The molecule has 0 N–H and O–H groups in total. The number of nitrogens with zero attached hydrogens (tertiary/aromatic N) is 2. The lowest BCUT2D eigenvalue weighted by Crippen LogP contribution is -2.51. The second kappa shape index (κ2) is 5.88. The van der Waals surface area contributed by atoms with Crippen LogP contribution in [0.1, 0.15) is 29.3 Å². The van der Waals surface area contributed by atoms with E-state index in [0.29, 0.717) is 38.3 Å². The van der Waals surface area contributed by atoms with Crippen molar-refractivity contribution in [1.82, 2.24) is 4.90 Å². The third-order valence-electron chi connectivity index (χ3n) is 3.99. The summed E-state index contributed by atoms with van der Waals surface area (Å²) < 4.78 is 5.27. The second-order valence-corrected chi connectivity index (χ2v) is 5.68. The van der Waals surface area contributed by atoms with Gasteiger partial charge in [-0.1, -0.05) is 29.4 Å². The number of oxime groups is 1. The van der Waals surface area contributed by atoms with Gasteiger partial charge in [0.1, 0.15) is 6.29 Å². The van der Waals surface area contributed by atoms with Crippen LogP contribution in [0.15, 0.2) is 29.4 Å². The van der Waals surface area contributed by atoms with E-state index in [1.54, 1.807) is 24.0 Å². The predicted molar refractivity (Wildman–Crippen MR) is 79.9 cm³/mol. The lowest BCUT2D eigenvalue weighted by molar-refractivity contribution is -0.157. The first-order valence-electron chi connectivity index (χ1n) is 7.30. The van der Waals surface area contributed by atoms with E-state index < -0.39 is 5.60 Å². The molecule has 1 saturated heterocycles. The first kappa shape index (κ1) is 14.7. The number of hydrogen-bond acceptors (Lipinski definition) is 5. The largest absolute Gasteiger partial charge is 0.379 e. The zero-order valence-electron chi connectivity index (χ0n) is 12.4. The topological polar surface area (TPSA) is 68.2 Å². The van der Waals surface area contributed by atoms with Crippen LogP contribution < -0.4 is 0 Å². The maximum atomic E-state index is 12.6. The third kappa shape index (κ3) is 2.74. The van der Waals surface area contributed by atoms with Crippen LogP contribution in [0.4, 0.5) is 0 Å². The summed E-state index contributed by atoms with van der Waals surface area (Å²) in [5, 5.41) is 4.08. The average molecular weight is 302 g/mol. The van der Waals surface area contributed by atoms with Gasteiger partial charge in [-0.3, -0.25) is 9.59 Å².